The zero-order valence-electron chi connectivity index (χ0n) is 19.3. The van der Waals surface area contributed by atoms with E-state index in [-0.39, 0.29) is 18.6 Å². The number of aliphatic hydroxyl groups excluding tert-OH is 1. The summed E-state index contributed by atoms with van der Waals surface area (Å²) in [5.41, 5.74) is 2.13. The van der Waals surface area contributed by atoms with Gasteiger partial charge in [0.2, 0.25) is 0 Å². The Bertz CT molecular complexity index is 875. The van der Waals surface area contributed by atoms with Gasteiger partial charge >= 0.3 is 0 Å². The Labute approximate surface area is 196 Å². The van der Waals surface area contributed by atoms with Crippen molar-refractivity contribution in [3.63, 3.8) is 0 Å². The van der Waals surface area contributed by atoms with E-state index in [9.17, 15) is 15.0 Å². The molecule has 1 saturated carbocycles. The van der Waals surface area contributed by atoms with Crippen LogP contribution in [-0.2, 0) is 6.54 Å². The fraction of sp³-hybridized carbons (Fsp3) is 0.500. The lowest BCUT2D eigenvalue weighted by atomic mass is 9.81. The first-order chi connectivity index (χ1) is 15.2. The highest BCUT2D eigenvalue weighted by molar-refractivity contribution is 6.30. The largest absolute Gasteiger partial charge is 0.393 e. The molecule has 1 aliphatic rings. The van der Waals surface area contributed by atoms with Gasteiger partial charge < -0.3 is 15.1 Å². The van der Waals surface area contributed by atoms with Crippen LogP contribution in [0.5, 0.6) is 0 Å². The highest BCUT2D eigenvalue weighted by Gasteiger charge is 2.28. The highest BCUT2D eigenvalue weighted by Crippen LogP contribution is 2.35. The molecule has 0 aromatic heterocycles. The van der Waals surface area contributed by atoms with Crippen molar-refractivity contribution >= 4 is 17.5 Å². The van der Waals surface area contributed by atoms with Crippen LogP contribution in [0.15, 0.2) is 48.5 Å². The van der Waals surface area contributed by atoms with Crippen LogP contribution in [0.25, 0.3) is 0 Å². The van der Waals surface area contributed by atoms with Gasteiger partial charge in [-0.25, -0.2) is 0 Å². The van der Waals surface area contributed by atoms with Crippen molar-refractivity contribution < 1.29 is 15.0 Å². The van der Waals surface area contributed by atoms with Gasteiger partial charge in [0.05, 0.1) is 12.2 Å². The molecule has 3 rings (SSSR count). The second-order valence-electron chi connectivity index (χ2n) is 9.50. The lowest BCUT2D eigenvalue weighted by Crippen LogP contribution is -2.41. The van der Waals surface area contributed by atoms with E-state index in [2.05, 4.69) is 24.3 Å². The summed E-state index contributed by atoms with van der Waals surface area (Å²) < 4.78 is 0. The van der Waals surface area contributed by atoms with E-state index < -0.39 is 5.60 Å². The zero-order valence-corrected chi connectivity index (χ0v) is 20.1. The molecule has 32 heavy (non-hydrogen) atoms. The maximum Gasteiger partial charge on any atom is 0.253 e. The third kappa shape index (κ3) is 6.55. The van der Waals surface area contributed by atoms with Crippen LogP contribution in [0.4, 0.5) is 0 Å². The van der Waals surface area contributed by atoms with Gasteiger partial charge in [-0.1, -0.05) is 35.9 Å². The van der Waals surface area contributed by atoms with Crippen LogP contribution in [0.3, 0.4) is 0 Å². The summed E-state index contributed by atoms with van der Waals surface area (Å²) in [7, 11) is 3.85. The number of carbonyl (C=O) groups is 1. The quantitative estimate of drug-likeness (QED) is 0.618. The summed E-state index contributed by atoms with van der Waals surface area (Å²) in [4.78, 5) is 16.7. The number of amides is 1. The van der Waals surface area contributed by atoms with Crippen molar-refractivity contribution in [2.24, 2.45) is 0 Å². The minimum Gasteiger partial charge on any atom is -0.393 e. The Morgan fingerprint density at radius 2 is 1.62 bits per heavy atom. The first-order valence-electron chi connectivity index (χ1n) is 11.3. The molecule has 0 saturated heterocycles. The molecule has 1 amide bonds. The second kappa shape index (κ2) is 10.8. The van der Waals surface area contributed by atoms with Crippen molar-refractivity contribution in [1.82, 2.24) is 9.80 Å². The molecule has 0 radical (unpaired) electrons. The first kappa shape index (κ1) is 24.7. The van der Waals surface area contributed by atoms with Gasteiger partial charge in [0, 0.05) is 36.8 Å². The van der Waals surface area contributed by atoms with Gasteiger partial charge in [-0.15, -0.1) is 0 Å². The standard InChI is InChI=1S/C26H35ClN2O3/c1-26(32,18-30)17-28(2)16-19-4-6-20(7-5-19)21-10-14-24(15-11-21)29(3)25(31)22-8-12-23(27)13-9-22/h4-9,12-13,21,24,30,32H,10-11,14-18H2,1-3H3/t21-,24-,26-/m1/s1. The average Bonchev–Trinajstić information content (AvgIpc) is 2.79. The second-order valence-corrected chi connectivity index (χ2v) is 9.93. The molecule has 6 heteroatoms. The van der Waals surface area contributed by atoms with E-state index in [1.165, 1.54) is 11.1 Å². The summed E-state index contributed by atoms with van der Waals surface area (Å²) in [5.74, 6) is 0.575. The van der Waals surface area contributed by atoms with Gasteiger partial charge in [0.25, 0.3) is 5.91 Å². The Morgan fingerprint density at radius 3 is 2.19 bits per heavy atom. The smallest absolute Gasteiger partial charge is 0.253 e. The number of hydrogen-bond donors (Lipinski definition) is 2. The van der Waals surface area contributed by atoms with Crippen LogP contribution in [0, 0.1) is 0 Å². The van der Waals surface area contributed by atoms with E-state index in [0.29, 0.717) is 23.0 Å². The summed E-state index contributed by atoms with van der Waals surface area (Å²) in [5, 5.41) is 19.9. The molecule has 0 aliphatic heterocycles. The predicted molar refractivity (Wildman–Crippen MR) is 129 cm³/mol. The Kier molecular flexibility index (Phi) is 8.34. The van der Waals surface area contributed by atoms with Crippen molar-refractivity contribution in [2.75, 3.05) is 27.2 Å². The third-order valence-electron chi connectivity index (χ3n) is 6.51. The minimum absolute atomic E-state index is 0.0544. The monoisotopic (exact) mass is 458 g/mol. The van der Waals surface area contributed by atoms with Crippen molar-refractivity contribution in [3.05, 3.63) is 70.2 Å². The number of halogens is 1. The summed E-state index contributed by atoms with van der Waals surface area (Å²) >= 11 is 5.94. The Morgan fingerprint density at radius 1 is 1.03 bits per heavy atom. The van der Waals surface area contributed by atoms with Crippen molar-refractivity contribution in [2.45, 2.75) is 56.7 Å². The van der Waals surface area contributed by atoms with Gasteiger partial charge in [0.1, 0.15) is 0 Å². The van der Waals surface area contributed by atoms with E-state index in [1.807, 2.05) is 23.9 Å². The van der Waals surface area contributed by atoms with Crippen LogP contribution in [-0.4, -0.2) is 64.8 Å². The fourth-order valence-electron chi connectivity index (χ4n) is 4.65. The number of aliphatic hydroxyl groups is 2. The SMILES string of the molecule is CN(Cc1ccc([C@H]2CC[C@H](N(C)C(=O)c3ccc(Cl)cc3)CC2)cc1)C[C@@](C)(O)CO. The normalized spacial score (nSPS) is 20.7. The highest BCUT2D eigenvalue weighted by atomic mass is 35.5. The van der Waals surface area contributed by atoms with Crippen molar-refractivity contribution in [3.8, 4) is 0 Å². The average molecular weight is 459 g/mol. The molecule has 2 aromatic carbocycles. The molecule has 0 spiro atoms. The van der Waals surface area contributed by atoms with E-state index in [4.69, 9.17) is 11.6 Å². The van der Waals surface area contributed by atoms with Crippen molar-refractivity contribution in [1.29, 1.82) is 0 Å². The molecule has 2 N–H and O–H groups in total. The maximum absolute atomic E-state index is 12.8. The lowest BCUT2D eigenvalue weighted by molar-refractivity contribution is -0.0219. The number of rotatable bonds is 8. The molecule has 5 nitrogen and oxygen atoms in total. The summed E-state index contributed by atoms with van der Waals surface area (Å²) in [6, 6.07) is 16.1. The zero-order chi connectivity index (χ0) is 23.3. The molecule has 2 aromatic rings. The lowest BCUT2D eigenvalue weighted by Gasteiger charge is -2.35. The molecular formula is C26H35ClN2O3. The number of benzene rings is 2. The van der Waals surface area contributed by atoms with Crippen LogP contribution in [0.2, 0.25) is 5.02 Å². The van der Waals surface area contributed by atoms with Gasteiger partial charge in [0.15, 0.2) is 0 Å². The summed E-state index contributed by atoms with van der Waals surface area (Å²) in [6.45, 7) is 2.53. The number of hydrogen-bond acceptors (Lipinski definition) is 4. The molecule has 0 bridgehead atoms. The molecule has 174 valence electrons. The minimum atomic E-state index is -1.09. The first-order valence-corrected chi connectivity index (χ1v) is 11.7. The molecule has 1 fully saturated rings. The van der Waals surface area contributed by atoms with E-state index in [1.54, 1.807) is 31.2 Å². The van der Waals surface area contributed by atoms with Gasteiger partial charge in [-0.05, 0) is 81.0 Å². The Balaban J connectivity index is 1.51. The molecule has 0 heterocycles. The van der Waals surface area contributed by atoms with E-state index >= 15 is 0 Å². The predicted octanol–water partition coefficient (Wildman–Crippen LogP) is 4.31. The van der Waals surface area contributed by atoms with Crippen LogP contribution in [0.1, 0.15) is 60.0 Å². The van der Waals surface area contributed by atoms with E-state index in [0.717, 1.165) is 32.2 Å². The molecule has 1 aliphatic carbocycles. The maximum atomic E-state index is 12.8. The summed E-state index contributed by atoms with van der Waals surface area (Å²) in [6.07, 6.45) is 4.14. The van der Waals surface area contributed by atoms with Crippen LogP contribution < -0.4 is 0 Å². The van der Waals surface area contributed by atoms with Crippen LogP contribution >= 0.6 is 11.6 Å². The van der Waals surface area contributed by atoms with Gasteiger partial charge in [-0.3, -0.25) is 9.69 Å². The number of carbonyl (C=O) groups excluding carboxylic acids is 1. The third-order valence-corrected chi connectivity index (χ3v) is 6.76. The number of nitrogens with zero attached hydrogens (tertiary/aromatic N) is 2. The van der Waals surface area contributed by atoms with Gasteiger partial charge in [-0.2, -0.15) is 0 Å². The topological polar surface area (TPSA) is 64.0 Å². The number of likely N-dealkylation sites (N-methyl/N-ethyl adjacent to an activating group) is 1. The molecule has 0 unspecified atom stereocenters. The Hall–Kier alpha value is -1.92. The fourth-order valence-corrected chi connectivity index (χ4v) is 4.78. The molecule has 1 atom stereocenters. The molecular weight excluding hydrogens is 424 g/mol.